The molecule has 1 aliphatic carbocycles. The van der Waals surface area contributed by atoms with Crippen LogP contribution in [0.2, 0.25) is 0 Å². The fourth-order valence-electron chi connectivity index (χ4n) is 3.90. The van der Waals surface area contributed by atoms with Gasteiger partial charge in [-0.1, -0.05) is 20.8 Å². The van der Waals surface area contributed by atoms with Crippen molar-refractivity contribution in [1.29, 1.82) is 0 Å². The van der Waals surface area contributed by atoms with Crippen LogP contribution in [0.25, 0.3) is 0 Å². The topological polar surface area (TPSA) is 49.6 Å². The average molecular weight is 346 g/mol. The van der Waals surface area contributed by atoms with Gasteiger partial charge < -0.3 is 15.5 Å². The molecule has 0 radical (unpaired) electrons. The number of rotatable bonds is 3. The highest BCUT2D eigenvalue weighted by Crippen LogP contribution is 2.27. The van der Waals surface area contributed by atoms with E-state index in [1.807, 2.05) is 0 Å². The first-order valence-electron chi connectivity index (χ1n) is 9.01. The van der Waals surface area contributed by atoms with Gasteiger partial charge in [0, 0.05) is 37.6 Å². The van der Waals surface area contributed by atoms with Gasteiger partial charge in [-0.05, 0) is 51.0 Å². The fraction of sp³-hybridized carbons (Fsp3) is 0.944. The Morgan fingerprint density at radius 2 is 1.52 bits per heavy atom. The van der Waals surface area contributed by atoms with Gasteiger partial charge in [0.1, 0.15) is 0 Å². The Bertz CT molecular complexity index is 367. The number of likely N-dealkylation sites (tertiary alicyclic amines) is 1. The molecular weight excluding hydrogens is 310 g/mol. The van der Waals surface area contributed by atoms with Crippen LogP contribution in [-0.2, 0) is 4.79 Å². The van der Waals surface area contributed by atoms with Gasteiger partial charge in [-0.25, -0.2) is 0 Å². The van der Waals surface area contributed by atoms with Gasteiger partial charge >= 0.3 is 0 Å². The van der Waals surface area contributed by atoms with Crippen molar-refractivity contribution in [2.75, 3.05) is 20.1 Å². The zero-order chi connectivity index (χ0) is 16.3. The molecule has 136 valence electrons. The van der Waals surface area contributed by atoms with E-state index in [-0.39, 0.29) is 17.8 Å². The minimum atomic E-state index is 0. The van der Waals surface area contributed by atoms with Crippen LogP contribution in [-0.4, -0.2) is 54.0 Å². The van der Waals surface area contributed by atoms with Crippen LogP contribution >= 0.6 is 12.4 Å². The summed E-state index contributed by atoms with van der Waals surface area (Å²) in [5, 5.41) is 0. The number of halogens is 1. The molecule has 2 rings (SSSR count). The standard InChI is InChI=1S/C18H35N3O.ClH/c1-18(2,3)13-17(22)21-11-9-16(10-12-21)20(4)15-7-5-14(19)6-8-15;/h14-16H,5-13,19H2,1-4H3;1H. The lowest BCUT2D eigenvalue weighted by Crippen LogP contribution is -2.50. The summed E-state index contributed by atoms with van der Waals surface area (Å²) in [7, 11) is 2.28. The Morgan fingerprint density at radius 1 is 1.04 bits per heavy atom. The monoisotopic (exact) mass is 345 g/mol. The second-order valence-electron chi connectivity index (χ2n) is 8.58. The van der Waals surface area contributed by atoms with Crippen molar-refractivity contribution < 1.29 is 4.79 Å². The number of nitrogens with two attached hydrogens (primary N) is 1. The van der Waals surface area contributed by atoms with Gasteiger partial charge in [0.05, 0.1) is 0 Å². The molecule has 1 aliphatic heterocycles. The molecular formula is C18H36ClN3O. The van der Waals surface area contributed by atoms with Crippen molar-refractivity contribution >= 4 is 18.3 Å². The van der Waals surface area contributed by atoms with Gasteiger partial charge in [-0.2, -0.15) is 0 Å². The Labute approximate surface area is 148 Å². The summed E-state index contributed by atoms with van der Waals surface area (Å²) in [4.78, 5) is 17.0. The number of carbonyl (C=O) groups excluding carboxylic acids is 1. The molecule has 0 aromatic carbocycles. The first-order valence-corrected chi connectivity index (χ1v) is 9.01. The van der Waals surface area contributed by atoms with E-state index in [1.54, 1.807) is 0 Å². The molecule has 1 amide bonds. The minimum absolute atomic E-state index is 0. The Kier molecular flexibility index (Phi) is 7.82. The molecule has 23 heavy (non-hydrogen) atoms. The maximum Gasteiger partial charge on any atom is 0.223 e. The molecule has 1 saturated heterocycles. The first-order chi connectivity index (χ1) is 10.3. The van der Waals surface area contributed by atoms with Crippen molar-refractivity contribution in [1.82, 2.24) is 9.80 Å². The number of piperidine rings is 1. The second kappa shape index (κ2) is 8.68. The van der Waals surface area contributed by atoms with E-state index in [0.717, 1.165) is 38.8 Å². The summed E-state index contributed by atoms with van der Waals surface area (Å²) in [5.74, 6) is 0.331. The third-order valence-electron chi connectivity index (χ3n) is 5.39. The summed E-state index contributed by atoms with van der Waals surface area (Å²) in [6.07, 6.45) is 7.70. The lowest BCUT2D eigenvalue weighted by atomic mass is 9.88. The van der Waals surface area contributed by atoms with Crippen LogP contribution < -0.4 is 5.73 Å². The fourth-order valence-corrected chi connectivity index (χ4v) is 3.90. The quantitative estimate of drug-likeness (QED) is 0.855. The normalized spacial score (nSPS) is 27.0. The van der Waals surface area contributed by atoms with Crippen LogP contribution in [0.1, 0.15) is 65.7 Å². The van der Waals surface area contributed by atoms with Gasteiger partial charge in [0.2, 0.25) is 5.91 Å². The summed E-state index contributed by atoms with van der Waals surface area (Å²) < 4.78 is 0. The Balaban J connectivity index is 0.00000264. The molecule has 2 N–H and O–H groups in total. The highest BCUT2D eigenvalue weighted by molar-refractivity contribution is 5.85. The van der Waals surface area contributed by atoms with Crippen LogP contribution in [0, 0.1) is 5.41 Å². The lowest BCUT2D eigenvalue weighted by molar-refractivity contribution is -0.134. The number of nitrogens with zero attached hydrogens (tertiary/aromatic N) is 2. The van der Waals surface area contributed by atoms with Crippen molar-refractivity contribution in [3.63, 3.8) is 0 Å². The van der Waals surface area contributed by atoms with Crippen molar-refractivity contribution in [3.8, 4) is 0 Å². The zero-order valence-electron chi connectivity index (χ0n) is 15.4. The number of hydrogen-bond acceptors (Lipinski definition) is 3. The summed E-state index contributed by atoms with van der Waals surface area (Å²) in [6.45, 7) is 8.27. The molecule has 2 fully saturated rings. The predicted octanol–water partition coefficient (Wildman–Crippen LogP) is 3.04. The van der Waals surface area contributed by atoms with Gasteiger partial charge in [0.15, 0.2) is 0 Å². The first kappa shape index (κ1) is 20.7. The number of amides is 1. The molecule has 2 aliphatic rings. The molecule has 0 bridgehead atoms. The molecule has 1 heterocycles. The molecule has 4 nitrogen and oxygen atoms in total. The molecule has 1 saturated carbocycles. The molecule has 0 aromatic rings. The number of hydrogen-bond donors (Lipinski definition) is 1. The molecule has 0 atom stereocenters. The lowest BCUT2D eigenvalue weighted by Gasteiger charge is -2.42. The minimum Gasteiger partial charge on any atom is -0.343 e. The highest BCUT2D eigenvalue weighted by Gasteiger charge is 2.31. The van der Waals surface area contributed by atoms with Crippen molar-refractivity contribution in [3.05, 3.63) is 0 Å². The number of carbonyl (C=O) groups is 1. The maximum absolute atomic E-state index is 12.3. The molecule has 5 heteroatoms. The SMILES string of the molecule is CN(C1CCC(N)CC1)C1CCN(C(=O)CC(C)(C)C)CC1.Cl. The Hall–Kier alpha value is -0.320. The van der Waals surface area contributed by atoms with Crippen LogP contribution in [0.5, 0.6) is 0 Å². The molecule has 0 aromatic heterocycles. The maximum atomic E-state index is 12.3. The van der Waals surface area contributed by atoms with E-state index in [1.165, 1.54) is 12.8 Å². The average Bonchev–Trinajstić information content (AvgIpc) is 2.46. The van der Waals surface area contributed by atoms with Crippen molar-refractivity contribution in [2.24, 2.45) is 11.1 Å². The van der Waals surface area contributed by atoms with E-state index < -0.39 is 0 Å². The van der Waals surface area contributed by atoms with E-state index in [4.69, 9.17) is 5.73 Å². The smallest absolute Gasteiger partial charge is 0.223 e. The van der Waals surface area contributed by atoms with E-state index >= 15 is 0 Å². The Morgan fingerprint density at radius 3 is 2.00 bits per heavy atom. The zero-order valence-corrected chi connectivity index (χ0v) is 16.2. The highest BCUT2D eigenvalue weighted by atomic mass is 35.5. The van der Waals surface area contributed by atoms with Crippen LogP contribution in [0.15, 0.2) is 0 Å². The largest absolute Gasteiger partial charge is 0.343 e. The van der Waals surface area contributed by atoms with Gasteiger partial charge in [-0.3, -0.25) is 4.79 Å². The van der Waals surface area contributed by atoms with E-state index in [2.05, 4.69) is 37.6 Å². The van der Waals surface area contributed by atoms with Gasteiger partial charge in [-0.15, -0.1) is 12.4 Å². The van der Waals surface area contributed by atoms with Crippen LogP contribution in [0.4, 0.5) is 0 Å². The summed E-state index contributed by atoms with van der Waals surface area (Å²) >= 11 is 0. The molecule has 0 spiro atoms. The van der Waals surface area contributed by atoms with Crippen LogP contribution in [0.3, 0.4) is 0 Å². The van der Waals surface area contributed by atoms with E-state index in [0.29, 0.717) is 30.5 Å². The summed E-state index contributed by atoms with van der Waals surface area (Å²) in [5.41, 5.74) is 6.10. The van der Waals surface area contributed by atoms with E-state index in [9.17, 15) is 4.79 Å². The third-order valence-corrected chi connectivity index (χ3v) is 5.39. The predicted molar refractivity (Wildman–Crippen MR) is 98.9 cm³/mol. The van der Waals surface area contributed by atoms with Crippen molar-refractivity contribution in [2.45, 2.75) is 83.8 Å². The second-order valence-corrected chi connectivity index (χ2v) is 8.58. The third kappa shape index (κ3) is 6.24. The summed E-state index contributed by atoms with van der Waals surface area (Å²) in [6, 6.07) is 1.75. The molecule has 0 unspecified atom stereocenters. The van der Waals surface area contributed by atoms with Gasteiger partial charge in [0.25, 0.3) is 0 Å².